The molecule has 0 atom stereocenters. The smallest absolute Gasteiger partial charge is 0.191 e. The number of hydrogen-bond donors (Lipinski definition) is 2. The van der Waals surface area contributed by atoms with Gasteiger partial charge in [0.25, 0.3) is 0 Å². The predicted molar refractivity (Wildman–Crippen MR) is 145 cm³/mol. The van der Waals surface area contributed by atoms with Crippen molar-refractivity contribution >= 4 is 46.8 Å². The maximum absolute atomic E-state index is 5.48. The van der Waals surface area contributed by atoms with E-state index in [-0.39, 0.29) is 24.0 Å². The summed E-state index contributed by atoms with van der Waals surface area (Å²) < 4.78 is 7.76. The van der Waals surface area contributed by atoms with Crippen molar-refractivity contribution in [1.29, 1.82) is 0 Å². The Morgan fingerprint density at radius 3 is 2.76 bits per heavy atom. The van der Waals surface area contributed by atoms with Crippen LogP contribution >= 0.6 is 24.0 Å². The Kier molecular flexibility index (Phi) is 9.74. The highest BCUT2D eigenvalue weighted by molar-refractivity contribution is 14.0. The molecule has 1 saturated heterocycles. The molecule has 4 rings (SSSR count). The lowest BCUT2D eigenvalue weighted by atomic mass is 10.2. The van der Waals surface area contributed by atoms with Gasteiger partial charge in [0.05, 0.1) is 30.8 Å². The molecule has 3 heterocycles. The van der Waals surface area contributed by atoms with Crippen molar-refractivity contribution in [3.05, 3.63) is 54.0 Å². The molecule has 0 saturated carbocycles. The molecule has 8 nitrogen and oxygen atoms in total. The maximum Gasteiger partial charge on any atom is 0.191 e. The van der Waals surface area contributed by atoms with Crippen LogP contribution in [0.5, 0.6) is 0 Å². The van der Waals surface area contributed by atoms with E-state index in [9.17, 15) is 0 Å². The number of rotatable bonds is 8. The SMILES string of the molecule is CCNC(=NCc1cccnc1N1CCOCC1)NCCCn1c(C)nc2ccccc21.I. The minimum absolute atomic E-state index is 0. The summed E-state index contributed by atoms with van der Waals surface area (Å²) in [5.41, 5.74) is 3.38. The molecule has 2 N–H and O–H groups in total. The van der Waals surface area contributed by atoms with E-state index < -0.39 is 0 Å². The molecule has 0 radical (unpaired) electrons. The van der Waals surface area contributed by atoms with Crippen LogP contribution in [0.3, 0.4) is 0 Å². The molecule has 1 aliphatic heterocycles. The van der Waals surface area contributed by atoms with E-state index in [1.165, 1.54) is 5.52 Å². The highest BCUT2D eigenvalue weighted by Gasteiger charge is 2.15. The van der Waals surface area contributed by atoms with Crippen LogP contribution < -0.4 is 15.5 Å². The molecule has 1 aliphatic rings. The van der Waals surface area contributed by atoms with Crippen LogP contribution in [0.2, 0.25) is 0 Å². The summed E-state index contributed by atoms with van der Waals surface area (Å²) in [6.07, 6.45) is 2.83. The molecule has 0 spiro atoms. The third kappa shape index (κ3) is 6.57. The number of fused-ring (bicyclic) bond motifs is 1. The zero-order valence-electron chi connectivity index (χ0n) is 19.5. The second-order valence-corrected chi connectivity index (χ2v) is 7.86. The number of morpholine rings is 1. The van der Waals surface area contributed by atoms with Crippen molar-refractivity contribution in [3.63, 3.8) is 0 Å². The molecule has 1 fully saturated rings. The number of aryl methyl sites for hydroxylation is 2. The lowest BCUT2D eigenvalue weighted by Crippen LogP contribution is -2.38. The number of guanidine groups is 1. The van der Waals surface area contributed by atoms with Crippen LogP contribution in [-0.4, -0.2) is 59.9 Å². The lowest BCUT2D eigenvalue weighted by molar-refractivity contribution is 0.122. The van der Waals surface area contributed by atoms with Crippen LogP contribution in [-0.2, 0) is 17.8 Å². The molecule has 0 aliphatic carbocycles. The van der Waals surface area contributed by atoms with Gasteiger partial charge in [0.1, 0.15) is 11.6 Å². The number of anilines is 1. The molecular formula is C24H34IN7O. The fraction of sp³-hybridized carbons (Fsp3) is 0.458. The second-order valence-electron chi connectivity index (χ2n) is 7.86. The van der Waals surface area contributed by atoms with E-state index in [1.54, 1.807) is 0 Å². The third-order valence-electron chi connectivity index (χ3n) is 5.63. The molecular weight excluding hydrogens is 529 g/mol. The van der Waals surface area contributed by atoms with E-state index in [0.29, 0.717) is 6.54 Å². The van der Waals surface area contributed by atoms with Gasteiger partial charge in [0.15, 0.2) is 5.96 Å². The van der Waals surface area contributed by atoms with Gasteiger partial charge in [-0.25, -0.2) is 15.0 Å². The number of aliphatic imine (C=N–C) groups is 1. The molecule has 0 amide bonds. The van der Waals surface area contributed by atoms with E-state index in [0.717, 1.165) is 81.0 Å². The Hall–Kier alpha value is -2.40. The number of imidazole rings is 1. The summed E-state index contributed by atoms with van der Waals surface area (Å²) in [5.74, 6) is 2.90. The summed E-state index contributed by atoms with van der Waals surface area (Å²) in [6.45, 7) is 10.5. The third-order valence-corrected chi connectivity index (χ3v) is 5.63. The Labute approximate surface area is 212 Å². The number of halogens is 1. The standard InChI is InChI=1S/C24H33N7O.HI/c1-3-25-24(27-12-7-13-31-19(2)29-21-9-4-5-10-22(21)31)28-18-20-8-6-11-26-23(20)30-14-16-32-17-15-30;/h4-6,8-11H,3,7,12-18H2,1-2H3,(H2,25,27,28);1H. The average Bonchev–Trinajstić information content (AvgIpc) is 3.16. The van der Waals surface area contributed by atoms with Crippen LogP contribution in [0.1, 0.15) is 24.7 Å². The summed E-state index contributed by atoms with van der Waals surface area (Å²) in [7, 11) is 0. The van der Waals surface area contributed by atoms with Crippen molar-refractivity contribution in [2.24, 2.45) is 4.99 Å². The van der Waals surface area contributed by atoms with Crippen molar-refractivity contribution in [2.75, 3.05) is 44.3 Å². The number of aromatic nitrogens is 3. The van der Waals surface area contributed by atoms with Gasteiger partial charge in [-0.1, -0.05) is 18.2 Å². The van der Waals surface area contributed by atoms with E-state index >= 15 is 0 Å². The zero-order chi connectivity index (χ0) is 22.2. The molecule has 2 aromatic heterocycles. The summed E-state index contributed by atoms with van der Waals surface area (Å²) in [6, 6.07) is 12.4. The van der Waals surface area contributed by atoms with Gasteiger partial charge in [-0.3, -0.25) is 0 Å². The van der Waals surface area contributed by atoms with Gasteiger partial charge in [-0.05, 0) is 38.5 Å². The number of nitrogens with one attached hydrogen (secondary N) is 2. The molecule has 0 bridgehead atoms. The fourth-order valence-electron chi connectivity index (χ4n) is 4.04. The Bertz CT molecular complexity index is 1050. The van der Waals surface area contributed by atoms with Crippen molar-refractivity contribution in [3.8, 4) is 0 Å². The highest BCUT2D eigenvalue weighted by atomic mass is 127. The van der Waals surface area contributed by atoms with E-state index in [1.807, 2.05) is 18.3 Å². The van der Waals surface area contributed by atoms with Crippen LogP contribution in [0.4, 0.5) is 5.82 Å². The molecule has 178 valence electrons. The lowest BCUT2D eigenvalue weighted by Gasteiger charge is -2.29. The van der Waals surface area contributed by atoms with E-state index in [4.69, 9.17) is 9.73 Å². The first-order valence-electron chi connectivity index (χ1n) is 11.5. The second kappa shape index (κ2) is 12.7. The van der Waals surface area contributed by atoms with Crippen molar-refractivity contribution < 1.29 is 4.74 Å². The fourth-order valence-corrected chi connectivity index (χ4v) is 4.04. The number of para-hydroxylation sites is 2. The first-order valence-corrected chi connectivity index (χ1v) is 11.5. The van der Waals surface area contributed by atoms with Crippen LogP contribution in [0.25, 0.3) is 11.0 Å². The monoisotopic (exact) mass is 563 g/mol. The average molecular weight is 563 g/mol. The highest BCUT2D eigenvalue weighted by Crippen LogP contribution is 2.19. The summed E-state index contributed by atoms with van der Waals surface area (Å²) in [4.78, 5) is 16.4. The van der Waals surface area contributed by atoms with Gasteiger partial charge in [-0.2, -0.15) is 0 Å². The molecule has 3 aromatic rings. The number of pyridine rings is 1. The van der Waals surface area contributed by atoms with E-state index in [2.05, 4.69) is 68.2 Å². The van der Waals surface area contributed by atoms with Crippen molar-refractivity contribution in [1.82, 2.24) is 25.2 Å². The topological polar surface area (TPSA) is 79.6 Å². The zero-order valence-corrected chi connectivity index (χ0v) is 21.8. The first kappa shape index (κ1) is 25.2. The summed E-state index contributed by atoms with van der Waals surface area (Å²) >= 11 is 0. The van der Waals surface area contributed by atoms with Crippen molar-refractivity contribution in [2.45, 2.75) is 33.4 Å². The Morgan fingerprint density at radius 2 is 1.94 bits per heavy atom. The number of nitrogens with zero attached hydrogens (tertiary/aromatic N) is 5. The Morgan fingerprint density at radius 1 is 1.12 bits per heavy atom. The number of ether oxygens (including phenoxy) is 1. The van der Waals surface area contributed by atoms with Gasteiger partial charge < -0.3 is 24.8 Å². The summed E-state index contributed by atoms with van der Waals surface area (Å²) in [5, 5.41) is 6.82. The predicted octanol–water partition coefficient (Wildman–Crippen LogP) is 3.34. The van der Waals surface area contributed by atoms with Crippen LogP contribution in [0.15, 0.2) is 47.6 Å². The minimum atomic E-state index is 0. The number of benzene rings is 1. The molecule has 9 heteroatoms. The Balaban J connectivity index is 0.00000306. The largest absolute Gasteiger partial charge is 0.378 e. The molecule has 1 aromatic carbocycles. The number of hydrogen-bond acceptors (Lipinski definition) is 5. The van der Waals surface area contributed by atoms with Gasteiger partial charge >= 0.3 is 0 Å². The van der Waals surface area contributed by atoms with Gasteiger partial charge in [0, 0.05) is 44.5 Å². The maximum atomic E-state index is 5.48. The normalized spacial score (nSPS) is 14.2. The molecule has 0 unspecified atom stereocenters. The minimum Gasteiger partial charge on any atom is -0.378 e. The molecule has 33 heavy (non-hydrogen) atoms. The van der Waals surface area contributed by atoms with Crippen LogP contribution in [0, 0.1) is 6.92 Å². The first-order chi connectivity index (χ1) is 15.8. The van der Waals surface area contributed by atoms with Gasteiger partial charge in [0.2, 0.25) is 0 Å². The quantitative estimate of drug-likeness (QED) is 0.190. The van der Waals surface area contributed by atoms with Gasteiger partial charge in [-0.15, -0.1) is 24.0 Å².